The highest BCUT2D eigenvalue weighted by Crippen LogP contribution is 2.36. The van der Waals surface area contributed by atoms with Crippen molar-refractivity contribution >= 4 is 0 Å². The molecule has 1 aliphatic rings. The van der Waals surface area contributed by atoms with Crippen LogP contribution < -0.4 is 5.73 Å². The first-order valence-electron chi connectivity index (χ1n) is 9.66. The van der Waals surface area contributed by atoms with E-state index in [2.05, 4.69) is 10.3 Å². The first kappa shape index (κ1) is 17.9. The normalized spacial score (nSPS) is 18.7. The van der Waals surface area contributed by atoms with E-state index in [1.54, 1.807) is 4.68 Å². The lowest BCUT2D eigenvalue weighted by Gasteiger charge is -2.31. The lowest BCUT2D eigenvalue weighted by Crippen LogP contribution is -2.39. The van der Waals surface area contributed by atoms with E-state index in [9.17, 15) is 5.11 Å². The second-order valence-corrected chi connectivity index (χ2v) is 7.51. The molecule has 0 saturated heterocycles. The molecule has 4 rings (SSSR count). The molecule has 0 spiro atoms. The fraction of sp³-hybridized carbons (Fsp3) is 0.364. The summed E-state index contributed by atoms with van der Waals surface area (Å²) in [5.41, 5.74) is 8.89. The molecule has 3 aromatic rings. The Morgan fingerprint density at radius 3 is 2.11 bits per heavy atom. The number of hydrogen-bond donors (Lipinski definition) is 2. The lowest BCUT2D eigenvalue weighted by molar-refractivity contribution is 0.124. The quantitative estimate of drug-likeness (QED) is 0.725. The van der Waals surface area contributed by atoms with Gasteiger partial charge in [-0.15, -0.1) is 5.10 Å². The predicted octanol–water partition coefficient (Wildman–Crippen LogP) is 3.72. The molecule has 2 aromatic carbocycles. The molecule has 5 nitrogen and oxygen atoms in total. The molecule has 3 N–H and O–H groups in total. The van der Waals surface area contributed by atoms with Crippen LogP contribution in [0.15, 0.2) is 66.9 Å². The number of rotatable bonds is 5. The Bertz CT molecular complexity index is 856. The van der Waals surface area contributed by atoms with E-state index in [0.29, 0.717) is 0 Å². The Labute approximate surface area is 159 Å². The van der Waals surface area contributed by atoms with Crippen LogP contribution in [0.1, 0.15) is 61.1 Å². The topological polar surface area (TPSA) is 77.0 Å². The maximum Gasteiger partial charge on any atom is 0.109 e. The molecule has 0 unspecified atom stereocenters. The molecule has 1 saturated carbocycles. The second kappa shape index (κ2) is 7.62. The van der Waals surface area contributed by atoms with Gasteiger partial charge in [-0.25, -0.2) is 4.68 Å². The Balaban J connectivity index is 1.71. The van der Waals surface area contributed by atoms with Crippen LogP contribution in [0.3, 0.4) is 0 Å². The maximum absolute atomic E-state index is 11.2. The van der Waals surface area contributed by atoms with Crippen molar-refractivity contribution < 1.29 is 5.11 Å². The number of nitrogens with two attached hydrogens (primary N) is 1. The van der Waals surface area contributed by atoms with Crippen molar-refractivity contribution in [2.75, 3.05) is 0 Å². The number of benzene rings is 2. The van der Waals surface area contributed by atoms with Gasteiger partial charge in [0.15, 0.2) is 0 Å². The van der Waals surface area contributed by atoms with Gasteiger partial charge in [-0.1, -0.05) is 85.1 Å². The summed E-state index contributed by atoms with van der Waals surface area (Å²) in [5.74, 6) is 0. The molecule has 1 aromatic heterocycles. The zero-order valence-corrected chi connectivity index (χ0v) is 15.4. The van der Waals surface area contributed by atoms with E-state index in [1.165, 1.54) is 6.42 Å². The third kappa shape index (κ3) is 3.66. The molecule has 2 atom stereocenters. The van der Waals surface area contributed by atoms with E-state index in [4.69, 9.17) is 5.73 Å². The third-order valence-electron chi connectivity index (χ3n) is 5.63. The molecular formula is C22H26N4O. The summed E-state index contributed by atoms with van der Waals surface area (Å²) in [4.78, 5) is 0. The van der Waals surface area contributed by atoms with Gasteiger partial charge in [0.25, 0.3) is 0 Å². The Hall–Kier alpha value is -2.50. The van der Waals surface area contributed by atoms with Crippen molar-refractivity contribution in [3.63, 3.8) is 0 Å². The van der Waals surface area contributed by atoms with Crippen molar-refractivity contribution in [2.24, 2.45) is 5.73 Å². The number of aliphatic hydroxyl groups excluding tert-OH is 1. The molecule has 1 aliphatic carbocycles. The molecule has 27 heavy (non-hydrogen) atoms. The average Bonchev–Trinajstić information content (AvgIpc) is 3.21. The van der Waals surface area contributed by atoms with Gasteiger partial charge in [-0.2, -0.15) is 0 Å². The minimum absolute atomic E-state index is 0.359. The largest absolute Gasteiger partial charge is 0.386 e. The summed E-state index contributed by atoms with van der Waals surface area (Å²) in [5, 5.41) is 19.9. The third-order valence-corrected chi connectivity index (χ3v) is 5.63. The maximum atomic E-state index is 11.2. The molecule has 5 heteroatoms. The Kier molecular flexibility index (Phi) is 5.05. The van der Waals surface area contributed by atoms with E-state index >= 15 is 0 Å². The van der Waals surface area contributed by atoms with Gasteiger partial charge in [0.1, 0.15) is 17.8 Å². The first-order valence-corrected chi connectivity index (χ1v) is 9.66. The molecule has 0 amide bonds. The zero-order valence-electron chi connectivity index (χ0n) is 15.4. The minimum atomic E-state index is -0.733. The van der Waals surface area contributed by atoms with Crippen LogP contribution in [0.2, 0.25) is 0 Å². The predicted molar refractivity (Wildman–Crippen MR) is 105 cm³/mol. The van der Waals surface area contributed by atoms with Crippen LogP contribution in [0.5, 0.6) is 0 Å². The second-order valence-electron chi connectivity index (χ2n) is 7.51. The molecule has 0 radical (unpaired) electrons. The van der Waals surface area contributed by atoms with Gasteiger partial charge in [0.2, 0.25) is 0 Å². The number of hydrogen-bond acceptors (Lipinski definition) is 4. The molecule has 140 valence electrons. The summed E-state index contributed by atoms with van der Waals surface area (Å²) in [6, 6.07) is 19.3. The fourth-order valence-corrected chi connectivity index (χ4v) is 4.04. The van der Waals surface area contributed by atoms with E-state index in [0.717, 1.165) is 42.5 Å². The highest BCUT2D eigenvalue weighted by molar-refractivity contribution is 5.27. The van der Waals surface area contributed by atoms with Crippen LogP contribution in [-0.4, -0.2) is 20.1 Å². The van der Waals surface area contributed by atoms with Gasteiger partial charge in [0, 0.05) is 0 Å². The van der Waals surface area contributed by atoms with Crippen LogP contribution in [0, 0.1) is 0 Å². The summed E-state index contributed by atoms with van der Waals surface area (Å²) >= 11 is 0. The number of nitrogens with zero attached hydrogens (tertiary/aromatic N) is 3. The number of aromatic nitrogens is 3. The van der Waals surface area contributed by atoms with Crippen molar-refractivity contribution in [1.82, 2.24) is 15.0 Å². The highest BCUT2D eigenvalue weighted by Gasteiger charge is 2.34. The summed E-state index contributed by atoms with van der Waals surface area (Å²) in [6.07, 6.45) is 6.53. The van der Waals surface area contributed by atoms with Crippen LogP contribution in [0.25, 0.3) is 0 Å². The Morgan fingerprint density at radius 1 is 0.889 bits per heavy atom. The fourth-order valence-electron chi connectivity index (χ4n) is 4.04. The smallest absolute Gasteiger partial charge is 0.109 e. The van der Waals surface area contributed by atoms with Crippen LogP contribution in [-0.2, 0) is 5.54 Å². The van der Waals surface area contributed by atoms with Gasteiger partial charge in [0.05, 0.1) is 11.7 Å². The molecule has 0 aliphatic heterocycles. The van der Waals surface area contributed by atoms with E-state index < -0.39 is 11.6 Å². The first-order chi connectivity index (χ1) is 13.2. The Morgan fingerprint density at radius 2 is 1.48 bits per heavy atom. The molecule has 0 bridgehead atoms. The van der Waals surface area contributed by atoms with Gasteiger partial charge in [-0.3, -0.25) is 0 Å². The van der Waals surface area contributed by atoms with Gasteiger partial charge >= 0.3 is 0 Å². The SMILES string of the molecule is NC1(c2cn([C@@H](c3ccccc3)[C@H](O)c3ccccc3)nn2)CCCCC1. The molecule has 1 fully saturated rings. The number of aliphatic hydroxyl groups is 1. The minimum Gasteiger partial charge on any atom is -0.386 e. The van der Waals surface area contributed by atoms with Crippen LogP contribution >= 0.6 is 0 Å². The standard InChI is InChI=1S/C22H26N4O/c23-22(14-8-3-9-15-22)19-16-26(25-24-19)20(17-10-4-1-5-11-17)21(27)18-12-6-2-7-13-18/h1-2,4-7,10-13,16,20-21,27H,3,8-9,14-15,23H2/t20-,21+/m0/s1. The van der Waals surface area contributed by atoms with Crippen molar-refractivity contribution in [1.29, 1.82) is 0 Å². The summed E-state index contributed by atoms with van der Waals surface area (Å²) < 4.78 is 1.77. The van der Waals surface area contributed by atoms with Gasteiger partial charge < -0.3 is 10.8 Å². The van der Waals surface area contributed by atoms with E-state index in [1.807, 2.05) is 66.9 Å². The van der Waals surface area contributed by atoms with E-state index in [-0.39, 0.29) is 6.04 Å². The molecule has 1 heterocycles. The summed E-state index contributed by atoms with van der Waals surface area (Å²) in [7, 11) is 0. The van der Waals surface area contributed by atoms with Crippen molar-refractivity contribution in [3.05, 3.63) is 83.7 Å². The van der Waals surface area contributed by atoms with Gasteiger partial charge in [-0.05, 0) is 24.0 Å². The van der Waals surface area contributed by atoms with Crippen molar-refractivity contribution in [3.8, 4) is 0 Å². The van der Waals surface area contributed by atoms with Crippen LogP contribution in [0.4, 0.5) is 0 Å². The monoisotopic (exact) mass is 362 g/mol. The average molecular weight is 362 g/mol. The van der Waals surface area contributed by atoms with Crippen molar-refractivity contribution in [2.45, 2.75) is 49.8 Å². The lowest BCUT2D eigenvalue weighted by atomic mass is 9.80. The zero-order chi connectivity index (χ0) is 18.7. The molecular weight excluding hydrogens is 336 g/mol. The highest BCUT2D eigenvalue weighted by atomic mass is 16.3. The summed E-state index contributed by atoms with van der Waals surface area (Å²) in [6.45, 7) is 0.